The highest BCUT2D eigenvalue weighted by Gasteiger charge is 2.45. The van der Waals surface area contributed by atoms with Crippen LogP contribution in [0.25, 0.3) is 5.76 Å². The number of hydrogen-bond donors (Lipinski definition) is 1. The van der Waals surface area contributed by atoms with Crippen LogP contribution < -0.4 is 4.90 Å². The van der Waals surface area contributed by atoms with E-state index in [-0.39, 0.29) is 16.3 Å². The Morgan fingerprint density at radius 3 is 2.52 bits per heavy atom. The van der Waals surface area contributed by atoms with E-state index in [4.69, 9.17) is 35.4 Å². The Labute approximate surface area is 194 Å². The second-order valence-electron chi connectivity index (χ2n) is 6.16. The summed E-state index contributed by atoms with van der Waals surface area (Å²) in [5.41, 5.74) is 1.35. The van der Waals surface area contributed by atoms with E-state index in [1.807, 2.05) is 0 Å². The summed E-state index contributed by atoms with van der Waals surface area (Å²) in [6.45, 7) is 0. The predicted molar refractivity (Wildman–Crippen MR) is 125 cm³/mol. The molecule has 1 aromatic heterocycles. The van der Waals surface area contributed by atoms with Crippen molar-refractivity contribution in [1.82, 2.24) is 4.98 Å². The summed E-state index contributed by atoms with van der Waals surface area (Å²) >= 11 is 22.5. The Kier molecular flexibility index (Phi) is 5.77. The topological polar surface area (TPSA) is 53.4 Å². The van der Waals surface area contributed by atoms with Crippen molar-refractivity contribution < 1.29 is 9.90 Å². The van der Waals surface area contributed by atoms with Gasteiger partial charge >= 0.3 is 0 Å². The molecule has 3 aromatic rings. The summed E-state index contributed by atoms with van der Waals surface area (Å²) in [4.78, 5) is 19.2. The largest absolute Gasteiger partial charge is 0.507 e. The maximum Gasteiger partial charge on any atom is 0.222 e. The Morgan fingerprint density at radius 1 is 1.17 bits per heavy atom. The minimum Gasteiger partial charge on any atom is -0.507 e. The molecule has 4 rings (SSSR count). The molecule has 29 heavy (non-hydrogen) atoms. The Hall–Kier alpha value is -1.77. The molecule has 9 heteroatoms. The minimum absolute atomic E-state index is 0.0645. The highest BCUT2D eigenvalue weighted by Crippen LogP contribution is 2.44. The van der Waals surface area contributed by atoms with Crippen molar-refractivity contribution >= 4 is 84.3 Å². The van der Waals surface area contributed by atoms with E-state index >= 15 is 0 Å². The minimum atomic E-state index is -0.681. The maximum atomic E-state index is 13.1. The molecule has 0 unspecified atom stereocenters. The molecule has 0 bridgehead atoms. The van der Waals surface area contributed by atoms with Crippen molar-refractivity contribution in [3.05, 3.63) is 85.3 Å². The lowest BCUT2D eigenvalue weighted by Gasteiger charge is -2.24. The van der Waals surface area contributed by atoms with Gasteiger partial charge in [-0.15, -0.1) is 11.3 Å². The molecule has 1 atom stereocenters. The zero-order valence-corrected chi connectivity index (χ0v) is 19.2. The molecule has 2 aromatic carbocycles. The Balaban J connectivity index is 1.95. The monoisotopic (exact) mass is 524 g/mol. The van der Waals surface area contributed by atoms with Gasteiger partial charge in [0.25, 0.3) is 0 Å². The number of aliphatic hydroxyl groups is 1. The van der Waals surface area contributed by atoms with Gasteiger partial charge in [-0.05, 0) is 29.8 Å². The zero-order valence-electron chi connectivity index (χ0n) is 14.5. The molecule has 1 fully saturated rings. The molecule has 2 heterocycles. The van der Waals surface area contributed by atoms with Gasteiger partial charge < -0.3 is 5.11 Å². The van der Waals surface area contributed by atoms with Crippen molar-refractivity contribution in [3.63, 3.8) is 0 Å². The number of ketones is 1. The summed E-state index contributed by atoms with van der Waals surface area (Å²) in [5, 5.41) is 14.1. The van der Waals surface area contributed by atoms with Crippen LogP contribution in [0.3, 0.4) is 0 Å². The fourth-order valence-corrected chi connectivity index (χ4v) is 4.73. The number of thiazole rings is 1. The highest BCUT2D eigenvalue weighted by atomic mass is 79.9. The average molecular weight is 526 g/mol. The first-order chi connectivity index (χ1) is 13.9. The van der Waals surface area contributed by atoms with Crippen LogP contribution in [0, 0.1) is 0 Å². The maximum absolute atomic E-state index is 13.1. The van der Waals surface area contributed by atoms with E-state index in [1.54, 1.807) is 58.9 Å². The van der Waals surface area contributed by atoms with Gasteiger partial charge in [0, 0.05) is 21.6 Å². The standard InChI is InChI=1S/C20H11BrCl2N2O2S2/c21-12-4-1-10(2-5-12)17(26)15-16(11-3-6-13(22)14(23)9-11)25(19(28)18(15)27)20-24-7-8-29-20/h1-9,16,26H/t16-/m0/s1. The molecule has 1 saturated heterocycles. The molecule has 0 aliphatic carbocycles. The van der Waals surface area contributed by atoms with Gasteiger partial charge in [-0.1, -0.05) is 69.5 Å². The Bertz CT molecular complexity index is 1150. The van der Waals surface area contributed by atoms with Crippen molar-refractivity contribution in [1.29, 1.82) is 0 Å². The van der Waals surface area contributed by atoms with Crippen LogP contribution in [0.5, 0.6) is 0 Å². The molecule has 0 radical (unpaired) electrons. The number of hydrogen-bond acceptors (Lipinski definition) is 5. The molecular formula is C20H11BrCl2N2O2S2. The van der Waals surface area contributed by atoms with E-state index in [2.05, 4.69) is 20.9 Å². The molecule has 1 aliphatic heterocycles. The molecule has 146 valence electrons. The van der Waals surface area contributed by atoms with Crippen molar-refractivity contribution in [3.8, 4) is 0 Å². The van der Waals surface area contributed by atoms with Gasteiger partial charge in [0.2, 0.25) is 5.78 Å². The van der Waals surface area contributed by atoms with Gasteiger partial charge in [-0.2, -0.15) is 0 Å². The third kappa shape index (κ3) is 3.73. The van der Waals surface area contributed by atoms with Crippen LogP contribution in [-0.4, -0.2) is 20.9 Å². The van der Waals surface area contributed by atoms with Crippen molar-refractivity contribution in [2.75, 3.05) is 4.90 Å². The summed E-state index contributed by atoms with van der Waals surface area (Å²) < 4.78 is 0.859. The van der Waals surface area contributed by atoms with Gasteiger partial charge in [0.15, 0.2) is 10.1 Å². The molecular weight excluding hydrogens is 515 g/mol. The summed E-state index contributed by atoms with van der Waals surface area (Å²) in [6, 6.07) is 11.4. The second kappa shape index (κ2) is 8.16. The first-order valence-corrected chi connectivity index (χ1v) is 11.1. The molecule has 0 amide bonds. The van der Waals surface area contributed by atoms with Crippen LogP contribution >= 0.6 is 62.7 Å². The molecule has 4 nitrogen and oxygen atoms in total. The third-order valence-electron chi connectivity index (χ3n) is 4.45. The molecule has 1 N–H and O–H groups in total. The predicted octanol–water partition coefficient (Wildman–Crippen LogP) is 6.64. The Morgan fingerprint density at radius 2 is 1.90 bits per heavy atom. The fourth-order valence-electron chi connectivity index (χ4n) is 3.13. The number of benzene rings is 2. The lowest BCUT2D eigenvalue weighted by Crippen LogP contribution is -2.27. The van der Waals surface area contributed by atoms with Crippen LogP contribution in [0.15, 0.2) is 64.1 Å². The van der Waals surface area contributed by atoms with Crippen LogP contribution in [0.1, 0.15) is 17.2 Å². The van der Waals surface area contributed by atoms with E-state index < -0.39 is 11.8 Å². The SMILES string of the molecule is O=C1C(=S)N(c2nccs2)[C@@H](c2ccc(Cl)c(Cl)c2)C1=C(O)c1ccc(Br)cc1. The summed E-state index contributed by atoms with van der Waals surface area (Å²) in [7, 11) is 0. The average Bonchev–Trinajstić information content (AvgIpc) is 3.31. The smallest absolute Gasteiger partial charge is 0.222 e. The van der Waals surface area contributed by atoms with E-state index in [0.29, 0.717) is 26.3 Å². The molecule has 0 saturated carbocycles. The molecule has 1 aliphatic rings. The number of aliphatic hydroxyl groups excluding tert-OH is 1. The lowest BCUT2D eigenvalue weighted by atomic mass is 9.95. The number of aromatic nitrogens is 1. The lowest BCUT2D eigenvalue weighted by molar-refractivity contribution is -0.109. The number of thiocarbonyl (C=S) groups is 1. The zero-order chi connectivity index (χ0) is 20.7. The number of nitrogens with zero attached hydrogens (tertiary/aromatic N) is 2. The van der Waals surface area contributed by atoms with Gasteiger partial charge in [-0.3, -0.25) is 9.69 Å². The fraction of sp³-hybridized carbons (Fsp3) is 0.0500. The molecule has 0 spiro atoms. The van der Waals surface area contributed by atoms with Crippen LogP contribution in [0.2, 0.25) is 10.0 Å². The first kappa shape index (κ1) is 20.5. The van der Waals surface area contributed by atoms with Crippen molar-refractivity contribution in [2.45, 2.75) is 6.04 Å². The van der Waals surface area contributed by atoms with Gasteiger partial charge in [0.05, 0.1) is 21.7 Å². The summed E-state index contributed by atoms with van der Waals surface area (Å²) in [6.07, 6.45) is 1.63. The second-order valence-corrected chi connectivity index (χ2v) is 9.15. The van der Waals surface area contributed by atoms with Crippen LogP contribution in [-0.2, 0) is 4.79 Å². The number of rotatable bonds is 3. The van der Waals surface area contributed by atoms with Gasteiger partial charge in [0.1, 0.15) is 5.76 Å². The quantitative estimate of drug-likeness (QED) is 0.236. The van der Waals surface area contributed by atoms with E-state index in [1.165, 1.54) is 11.3 Å². The number of carbonyl (C=O) groups is 1. The van der Waals surface area contributed by atoms with Gasteiger partial charge in [-0.25, -0.2) is 4.98 Å². The third-order valence-corrected chi connectivity index (χ3v) is 6.87. The normalized spacial score (nSPS) is 18.4. The van der Waals surface area contributed by atoms with E-state index in [9.17, 15) is 9.90 Å². The summed E-state index contributed by atoms with van der Waals surface area (Å²) in [5.74, 6) is -0.563. The highest BCUT2D eigenvalue weighted by molar-refractivity contribution is 9.10. The number of halogens is 3. The van der Waals surface area contributed by atoms with E-state index in [0.717, 1.165) is 4.47 Å². The number of anilines is 1. The van der Waals surface area contributed by atoms with Crippen LogP contribution in [0.4, 0.5) is 5.13 Å². The number of Topliss-reactive ketones (excluding diaryl/α,β-unsaturated/α-hetero) is 1. The number of carbonyl (C=O) groups excluding carboxylic acids is 1. The first-order valence-electron chi connectivity index (χ1n) is 8.30. The van der Waals surface area contributed by atoms with Crippen molar-refractivity contribution in [2.24, 2.45) is 0 Å².